The molecule has 0 spiro atoms. The van der Waals surface area contributed by atoms with E-state index in [1.807, 2.05) is 36.5 Å². The second-order valence-corrected chi connectivity index (χ2v) is 4.78. The molecule has 0 amide bonds. The first kappa shape index (κ1) is 13.8. The molecule has 0 aliphatic heterocycles. The maximum Gasteiger partial charge on any atom is 0.292 e. The van der Waals surface area contributed by atoms with Gasteiger partial charge in [0.1, 0.15) is 5.69 Å². The summed E-state index contributed by atoms with van der Waals surface area (Å²) in [6.45, 7) is 0.652. The maximum atomic E-state index is 11.0. The summed E-state index contributed by atoms with van der Waals surface area (Å²) in [5.74, 6) is 0.574. The van der Waals surface area contributed by atoms with Crippen LogP contribution in [0.25, 0.3) is 0 Å². The van der Waals surface area contributed by atoms with Crippen molar-refractivity contribution in [1.29, 1.82) is 0 Å². The molecular weight excluding hydrogens is 280 g/mol. The van der Waals surface area contributed by atoms with Gasteiger partial charge in [0.05, 0.1) is 11.5 Å². The first-order valence-corrected chi connectivity index (χ1v) is 6.80. The maximum absolute atomic E-state index is 11.0. The Hall–Kier alpha value is -3.15. The molecule has 0 aliphatic rings. The third-order valence-electron chi connectivity index (χ3n) is 3.19. The Morgan fingerprint density at radius 2 is 1.77 bits per heavy atom. The second-order valence-electron chi connectivity index (χ2n) is 4.78. The van der Waals surface area contributed by atoms with Crippen molar-refractivity contribution < 1.29 is 4.92 Å². The number of nitrogens with one attached hydrogen (secondary N) is 1. The lowest BCUT2D eigenvalue weighted by atomic mass is 10.2. The number of nitrogens with zero attached hydrogens (tertiary/aromatic N) is 3. The van der Waals surface area contributed by atoms with E-state index in [4.69, 9.17) is 0 Å². The van der Waals surface area contributed by atoms with Gasteiger partial charge in [-0.3, -0.25) is 14.8 Å². The fraction of sp³-hybridized carbons (Fsp3) is 0.0625. The normalized spacial score (nSPS) is 10.4. The van der Waals surface area contributed by atoms with E-state index in [1.165, 1.54) is 6.07 Å². The van der Waals surface area contributed by atoms with Gasteiger partial charge in [-0.1, -0.05) is 42.5 Å². The second kappa shape index (κ2) is 6.09. The van der Waals surface area contributed by atoms with E-state index in [0.29, 0.717) is 18.1 Å². The zero-order valence-corrected chi connectivity index (χ0v) is 11.7. The summed E-state index contributed by atoms with van der Waals surface area (Å²) in [4.78, 5) is 10.6. The van der Waals surface area contributed by atoms with Gasteiger partial charge in [0, 0.05) is 18.3 Å². The lowest BCUT2D eigenvalue weighted by Gasteiger charge is -2.04. The van der Waals surface area contributed by atoms with Gasteiger partial charge in [-0.25, -0.2) is 0 Å². The molecule has 0 fully saturated rings. The molecule has 3 aromatic rings. The fourth-order valence-corrected chi connectivity index (χ4v) is 2.16. The standard InChI is InChI=1S/C16H14N4O2/c21-20(22)15-9-5-4-8-14(15)17-16-10-11-19(18-16)12-13-6-2-1-3-7-13/h1-11H,12H2,(H,17,18). The highest BCUT2D eigenvalue weighted by molar-refractivity contribution is 5.67. The van der Waals surface area contributed by atoms with E-state index in [9.17, 15) is 10.1 Å². The zero-order valence-electron chi connectivity index (χ0n) is 11.7. The van der Waals surface area contributed by atoms with E-state index in [2.05, 4.69) is 10.4 Å². The van der Waals surface area contributed by atoms with Crippen molar-refractivity contribution in [2.24, 2.45) is 0 Å². The topological polar surface area (TPSA) is 73.0 Å². The van der Waals surface area contributed by atoms with Gasteiger partial charge in [0.15, 0.2) is 5.82 Å². The van der Waals surface area contributed by atoms with Crippen LogP contribution in [0.2, 0.25) is 0 Å². The van der Waals surface area contributed by atoms with Gasteiger partial charge in [-0.15, -0.1) is 0 Å². The Labute approximate surface area is 127 Å². The van der Waals surface area contributed by atoms with E-state index in [0.717, 1.165) is 5.56 Å². The van der Waals surface area contributed by atoms with E-state index < -0.39 is 4.92 Å². The predicted octanol–water partition coefficient (Wildman–Crippen LogP) is 3.58. The minimum atomic E-state index is -0.413. The number of hydrogen-bond donors (Lipinski definition) is 1. The van der Waals surface area contributed by atoms with Gasteiger partial charge in [-0.2, -0.15) is 5.10 Å². The van der Waals surface area contributed by atoms with Crippen molar-refractivity contribution in [1.82, 2.24) is 9.78 Å². The number of hydrogen-bond acceptors (Lipinski definition) is 4. The SMILES string of the molecule is O=[N+]([O-])c1ccccc1Nc1ccn(Cc2ccccc2)n1. The summed E-state index contributed by atoms with van der Waals surface area (Å²) in [5.41, 5.74) is 1.60. The summed E-state index contributed by atoms with van der Waals surface area (Å²) in [7, 11) is 0. The highest BCUT2D eigenvalue weighted by Gasteiger charge is 2.13. The van der Waals surface area contributed by atoms with Crippen molar-refractivity contribution in [3.8, 4) is 0 Å². The van der Waals surface area contributed by atoms with Crippen molar-refractivity contribution in [2.45, 2.75) is 6.54 Å². The molecule has 110 valence electrons. The molecule has 1 heterocycles. The van der Waals surface area contributed by atoms with Crippen LogP contribution in [0.15, 0.2) is 66.9 Å². The summed E-state index contributed by atoms with van der Waals surface area (Å²) in [6, 6.07) is 18.3. The minimum absolute atomic E-state index is 0.0279. The minimum Gasteiger partial charge on any atom is -0.333 e. The predicted molar refractivity (Wildman–Crippen MR) is 84.2 cm³/mol. The van der Waals surface area contributed by atoms with Gasteiger partial charge in [0.25, 0.3) is 5.69 Å². The third kappa shape index (κ3) is 3.12. The Morgan fingerprint density at radius 3 is 2.55 bits per heavy atom. The Morgan fingerprint density at radius 1 is 1.05 bits per heavy atom. The van der Waals surface area contributed by atoms with Crippen molar-refractivity contribution in [2.75, 3.05) is 5.32 Å². The molecule has 6 heteroatoms. The van der Waals surface area contributed by atoms with E-state index in [1.54, 1.807) is 28.9 Å². The lowest BCUT2D eigenvalue weighted by molar-refractivity contribution is -0.383. The molecule has 3 rings (SSSR count). The molecule has 22 heavy (non-hydrogen) atoms. The van der Waals surface area contributed by atoms with Gasteiger partial charge in [-0.05, 0) is 11.6 Å². The van der Waals surface area contributed by atoms with Crippen LogP contribution in [0.4, 0.5) is 17.2 Å². The molecule has 0 aliphatic carbocycles. The molecule has 1 N–H and O–H groups in total. The molecule has 2 aromatic carbocycles. The van der Waals surface area contributed by atoms with Crippen molar-refractivity contribution >= 4 is 17.2 Å². The molecule has 6 nitrogen and oxygen atoms in total. The Bertz CT molecular complexity index is 784. The fourth-order valence-electron chi connectivity index (χ4n) is 2.16. The summed E-state index contributed by atoms with van der Waals surface area (Å²) >= 11 is 0. The van der Waals surface area contributed by atoms with Gasteiger partial charge < -0.3 is 5.32 Å². The number of aromatic nitrogens is 2. The highest BCUT2D eigenvalue weighted by atomic mass is 16.6. The summed E-state index contributed by atoms with van der Waals surface area (Å²) in [5, 5.41) is 18.4. The number of benzene rings is 2. The van der Waals surface area contributed by atoms with Crippen LogP contribution in [0, 0.1) is 10.1 Å². The van der Waals surface area contributed by atoms with Crippen LogP contribution < -0.4 is 5.32 Å². The first-order chi connectivity index (χ1) is 10.7. The van der Waals surface area contributed by atoms with Crippen LogP contribution in [0.5, 0.6) is 0 Å². The monoisotopic (exact) mass is 294 g/mol. The lowest BCUT2D eigenvalue weighted by Crippen LogP contribution is -2.02. The molecule has 0 saturated heterocycles. The van der Waals surface area contributed by atoms with Gasteiger partial charge >= 0.3 is 0 Å². The molecular formula is C16H14N4O2. The Balaban J connectivity index is 1.76. The van der Waals surface area contributed by atoms with Crippen molar-refractivity contribution in [3.05, 3.63) is 82.5 Å². The number of rotatable bonds is 5. The van der Waals surface area contributed by atoms with Crippen LogP contribution >= 0.6 is 0 Å². The number of para-hydroxylation sites is 2. The molecule has 1 aromatic heterocycles. The smallest absolute Gasteiger partial charge is 0.292 e. The highest BCUT2D eigenvalue weighted by Crippen LogP contribution is 2.26. The molecule has 0 saturated carbocycles. The van der Waals surface area contributed by atoms with Crippen LogP contribution in [0.1, 0.15) is 5.56 Å². The van der Waals surface area contributed by atoms with Crippen LogP contribution in [-0.2, 0) is 6.54 Å². The quantitative estimate of drug-likeness (QED) is 0.576. The summed E-state index contributed by atoms with van der Waals surface area (Å²) < 4.78 is 1.78. The molecule has 0 radical (unpaired) electrons. The summed E-state index contributed by atoms with van der Waals surface area (Å²) in [6.07, 6.45) is 1.84. The number of nitro groups is 1. The van der Waals surface area contributed by atoms with E-state index in [-0.39, 0.29) is 5.69 Å². The van der Waals surface area contributed by atoms with Crippen LogP contribution in [-0.4, -0.2) is 14.7 Å². The number of anilines is 2. The largest absolute Gasteiger partial charge is 0.333 e. The first-order valence-electron chi connectivity index (χ1n) is 6.80. The van der Waals surface area contributed by atoms with Crippen molar-refractivity contribution in [3.63, 3.8) is 0 Å². The van der Waals surface area contributed by atoms with Crippen LogP contribution in [0.3, 0.4) is 0 Å². The zero-order chi connectivity index (χ0) is 15.4. The molecule has 0 atom stereocenters. The van der Waals surface area contributed by atoms with E-state index >= 15 is 0 Å². The average Bonchev–Trinajstić information content (AvgIpc) is 2.96. The third-order valence-corrected chi connectivity index (χ3v) is 3.19. The molecule has 0 unspecified atom stereocenters. The number of nitro benzene ring substituents is 1. The Kier molecular flexibility index (Phi) is 3.82. The molecule has 0 bridgehead atoms. The van der Waals surface area contributed by atoms with Gasteiger partial charge in [0.2, 0.25) is 0 Å². The average molecular weight is 294 g/mol.